The predicted octanol–water partition coefficient (Wildman–Crippen LogP) is 6.54. The van der Waals surface area contributed by atoms with Gasteiger partial charge in [0.15, 0.2) is 11.4 Å². The number of ether oxygens (including phenoxy) is 5. The molecule has 4 heterocycles. The lowest BCUT2D eigenvalue weighted by molar-refractivity contribution is -0.159. The largest absolute Gasteiger partial charge is 0.462 e. The number of ketones is 1. The second kappa shape index (κ2) is 25.6. The Morgan fingerprint density at radius 3 is 2.29 bits per heavy atom. The Bertz CT molecular complexity index is 2050. The van der Waals surface area contributed by atoms with Crippen molar-refractivity contribution in [1.29, 1.82) is 0 Å². The van der Waals surface area contributed by atoms with E-state index >= 15 is 0 Å². The maximum atomic E-state index is 13.8. The van der Waals surface area contributed by atoms with Crippen molar-refractivity contribution in [2.24, 2.45) is 41.2 Å². The van der Waals surface area contributed by atoms with Gasteiger partial charge in [0.25, 0.3) is 0 Å². The fourth-order valence-electron chi connectivity index (χ4n) is 8.39. The number of aliphatic hydroxyl groups is 2. The molecule has 0 aliphatic carbocycles. The summed E-state index contributed by atoms with van der Waals surface area (Å²) in [6, 6.07) is 0. The summed E-state index contributed by atoms with van der Waals surface area (Å²) in [5, 5.41) is 22.9. The van der Waals surface area contributed by atoms with Gasteiger partial charge in [0.05, 0.1) is 30.8 Å². The molecule has 0 saturated heterocycles. The van der Waals surface area contributed by atoms with Crippen molar-refractivity contribution in [3.8, 4) is 23.2 Å². The third kappa shape index (κ3) is 15.2. The average molecular weight is 928 g/mol. The van der Waals surface area contributed by atoms with Crippen LogP contribution in [0, 0.1) is 35.5 Å². The van der Waals surface area contributed by atoms with Gasteiger partial charge in [-0.3, -0.25) is 14.4 Å². The van der Waals surface area contributed by atoms with Gasteiger partial charge in [-0.15, -0.1) is 0 Å². The molecule has 1 aliphatic rings. The first-order valence-corrected chi connectivity index (χ1v) is 22.4. The smallest absolute Gasteiger partial charge is 0.404 e. The van der Waals surface area contributed by atoms with E-state index in [2.05, 4.69) is 15.0 Å². The van der Waals surface area contributed by atoms with Gasteiger partial charge in [0.2, 0.25) is 24.1 Å². The molecular weight excluding hydrogens is 859 g/mol. The van der Waals surface area contributed by atoms with E-state index in [1.807, 2.05) is 40.7 Å². The first-order valence-electron chi connectivity index (χ1n) is 22.4. The summed E-state index contributed by atoms with van der Waals surface area (Å²) < 4.78 is 46.0. The fraction of sp³-hybridized carbons (Fsp3) is 0.638. The molecule has 2 amide bonds. The zero-order chi connectivity index (χ0) is 48.7. The summed E-state index contributed by atoms with van der Waals surface area (Å²) in [7, 11) is 6.22. The number of nitrogens with two attached hydrogens (primary N) is 1. The molecule has 4 N–H and O–H groups in total. The number of hydrogen-bond donors (Lipinski definition) is 3. The Morgan fingerprint density at radius 1 is 0.939 bits per heavy atom. The number of aromatic nitrogens is 3. The van der Waals surface area contributed by atoms with Crippen molar-refractivity contribution in [3.05, 3.63) is 48.7 Å². The van der Waals surface area contributed by atoms with Crippen molar-refractivity contribution in [2.75, 3.05) is 28.4 Å². The molecule has 4 rings (SSSR count). The number of aliphatic hydroxyl groups excluding tert-OH is 2. The highest BCUT2D eigenvalue weighted by atomic mass is 16.6. The zero-order valence-electron chi connectivity index (χ0n) is 39.7. The summed E-state index contributed by atoms with van der Waals surface area (Å²) in [6.45, 7) is 11.1. The molecule has 0 radical (unpaired) electrons. The summed E-state index contributed by atoms with van der Waals surface area (Å²) in [5.74, 6) is -2.37. The minimum Gasteiger partial charge on any atom is -0.462 e. The number of nitrogens with zero attached hydrogens (tertiary/aromatic N) is 4. The highest BCUT2D eigenvalue weighted by molar-refractivity contribution is 5.81. The van der Waals surface area contributed by atoms with Crippen LogP contribution >= 0.6 is 0 Å². The molecule has 13 atom stereocenters. The molecular formula is C47H69N5O14. The van der Waals surface area contributed by atoms with E-state index in [1.165, 1.54) is 30.8 Å². The summed E-state index contributed by atoms with van der Waals surface area (Å²) in [5.41, 5.74) is 6.48. The zero-order valence-corrected chi connectivity index (χ0v) is 39.7. The number of primary amides is 1. The lowest BCUT2D eigenvalue weighted by Crippen LogP contribution is -2.39. The van der Waals surface area contributed by atoms with E-state index < -0.39 is 72.5 Å². The lowest BCUT2D eigenvalue weighted by Gasteiger charge is -2.33. The van der Waals surface area contributed by atoms with Crippen LogP contribution in [0.25, 0.3) is 29.2 Å². The Hall–Kier alpha value is -5.21. The second-order valence-corrected chi connectivity index (χ2v) is 17.7. The van der Waals surface area contributed by atoms with Crippen LogP contribution in [0.4, 0.5) is 4.79 Å². The van der Waals surface area contributed by atoms with Gasteiger partial charge < -0.3 is 57.8 Å². The van der Waals surface area contributed by atoms with Crippen LogP contribution in [-0.2, 0) is 38.1 Å². The number of hydrogen-bond acceptors (Lipinski definition) is 17. The number of cyclic esters (lactones) is 1. The molecule has 6 bridgehead atoms. The normalized spacial score (nSPS) is 26.0. The second-order valence-electron chi connectivity index (χ2n) is 17.7. The molecule has 66 heavy (non-hydrogen) atoms. The van der Waals surface area contributed by atoms with E-state index in [-0.39, 0.29) is 79.7 Å². The first kappa shape index (κ1) is 53.4. The Morgan fingerprint density at radius 2 is 1.62 bits per heavy atom. The highest BCUT2D eigenvalue weighted by Gasteiger charge is 2.35. The number of Topliss-reactive ketones (excluding diaryl/α,β-unsaturated/α-hetero) is 1. The third-order valence-corrected chi connectivity index (χ3v) is 12.5. The maximum Gasteiger partial charge on any atom is 0.404 e. The van der Waals surface area contributed by atoms with Crippen LogP contribution in [0.15, 0.2) is 50.4 Å². The molecule has 0 spiro atoms. The molecule has 366 valence electrons. The predicted molar refractivity (Wildman–Crippen MR) is 240 cm³/mol. The first-order chi connectivity index (χ1) is 31.4. The molecule has 19 nitrogen and oxygen atoms in total. The third-order valence-electron chi connectivity index (χ3n) is 12.5. The number of fused-ring (bicyclic) bond motifs is 8. The van der Waals surface area contributed by atoms with Gasteiger partial charge in [-0.25, -0.2) is 19.7 Å². The molecule has 3 aromatic heterocycles. The van der Waals surface area contributed by atoms with Gasteiger partial charge in [-0.05, 0) is 43.6 Å². The van der Waals surface area contributed by atoms with Gasteiger partial charge in [0.1, 0.15) is 48.6 Å². The highest BCUT2D eigenvalue weighted by Crippen LogP contribution is 2.34. The number of oxazole rings is 3. The summed E-state index contributed by atoms with van der Waals surface area (Å²) in [6.07, 6.45) is 6.09. The van der Waals surface area contributed by atoms with Crippen molar-refractivity contribution < 1.29 is 66.3 Å². The lowest BCUT2D eigenvalue weighted by atomic mass is 9.84. The number of rotatable bonds is 16. The van der Waals surface area contributed by atoms with E-state index in [4.69, 9.17) is 42.7 Å². The van der Waals surface area contributed by atoms with Crippen molar-refractivity contribution in [2.45, 2.75) is 129 Å². The Kier molecular flexibility index (Phi) is 20.7. The maximum absolute atomic E-state index is 13.8. The monoisotopic (exact) mass is 927 g/mol. The minimum absolute atomic E-state index is 0.00289. The van der Waals surface area contributed by atoms with Gasteiger partial charge >= 0.3 is 12.1 Å². The van der Waals surface area contributed by atoms with Crippen molar-refractivity contribution >= 4 is 30.3 Å². The number of carbonyl (C=O) groups is 4. The fourth-order valence-corrected chi connectivity index (χ4v) is 8.39. The number of carbonyl (C=O) groups excluding carboxylic acids is 4. The van der Waals surface area contributed by atoms with Crippen LogP contribution in [0.2, 0.25) is 0 Å². The molecule has 0 saturated carbocycles. The molecule has 19 heteroatoms. The topological polar surface area (TPSA) is 262 Å². The summed E-state index contributed by atoms with van der Waals surface area (Å²) in [4.78, 5) is 65.4. The average Bonchev–Trinajstić information content (AvgIpc) is 4.08. The Labute approximate surface area is 386 Å². The van der Waals surface area contributed by atoms with Gasteiger partial charge in [0, 0.05) is 71.1 Å². The molecule has 0 fully saturated rings. The van der Waals surface area contributed by atoms with Crippen LogP contribution in [0.3, 0.4) is 0 Å². The van der Waals surface area contributed by atoms with E-state index in [0.717, 1.165) is 0 Å². The molecule has 1 aliphatic heterocycles. The number of methoxy groups -OCH3 is 3. The molecule has 0 unspecified atom stereocenters. The number of esters is 1. The molecule has 0 aromatic carbocycles. The van der Waals surface area contributed by atoms with E-state index in [9.17, 15) is 29.4 Å². The Balaban J connectivity index is 1.58. The van der Waals surface area contributed by atoms with E-state index in [0.29, 0.717) is 29.9 Å². The standard InChI is InChI=1S/C47H69N5O14/c1-26-18-32(65-47(48)58)20-42(57)66-40(21-39(59-8)27(2)14-15-37(55)30(5)43(60-9)28(3)16-17-52(7)25-53)29(4)36(54)12-11-13-41-49-34(23-62-41)45-51-35(24-64-45)46-50-33(22-63-46)44(61-10)31(6)38(56)19-26/h11,13,16-17,22-32,36,38-40,43-44,54,56H,12,14-15,18-21H2,1-10H3,(H2,48,58)/t26-,27-,28+,29+,30+,31-,32-,36+,38-,39-,40-,43-,44+/m1/s1. The van der Waals surface area contributed by atoms with Crippen molar-refractivity contribution in [3.63, 3.8) is 0 Å². The SMILES string of the molecule is CO[C@H]([C@@H](C)C=CN(C)C=O)[C@@H](C)C(=O)CC[C@@H](C)[C@@H](C[C@H]1OC(=O)C[C@H](OC(N)=O)C[C@@H](C)C[C@@H](O)[C@@H](C)[C@H](OC)c2coc(n2)-c2coc(n2)-c2coc(n2)C=CC[C@H](O)[C@@H]1C)OC. The van der Waals surface area contributed by atoms with E-state index in [1.54, 1.807) is 46.5 Å². The van der Waals surface area contributed by atoms with Gasteiger partial charge in [-0.2, -0.15) is 0 Å². The summed E-state index contributed by atoms with van der Waals surface area (Å²) >= 11 is 0. The van der Waals surface area contributed by atoms with Crippen LogP contribution in [-0.4, -0.2) is 119 Å². The van der Waals surface area contributed by atoms with Crippen LogP contribution in [0.5, 0.6) is 0 Å². The minimum atomic E-state index is -1.07. The van der Waals surface area contributed by atoms with Crippen LogP contribution < -0.4 is 5.73 Å². The number of amides is 2. The van der Waals surface area contributed by atoms with Crippen molar-refractivity contribution in [1.82, 2.24) is 19.9 Å². The molecule has 3 aromatic rings. The quantitative estimate of drug-likeness (QED) is 0.102. The van der Waals surface area contributed by atoms with Crippen LogP contribution in [0.1, 0.15) is 104 Å². The van der Waals surface area contributed by atoms with Gasteiger partial charge in [-0.1, -0.05) is 53.7 Å².